The molecule has 3 rings (SSSR count). The quantitative estimate of drug-likeness (QED) is 0.657. The molecule has 0 spiro atoms. The van der Waals surface area contributed by atoms with E-state index in [1.165, 1.54) is 11.9 Å². The number of nitrogens with zero attached hydrogens (tertiary/aromatic N) is 2. The van der Waals surface area contributed by atoms with E-state index in [1.807, 2.05) is 0 Å². The zero-order chi connectivity index (χ0) is 20.4. The number of benzene rings is 1. The SMILES string of the molecule is CNC(=O)N1C[C@@H](O)C[C@@H](N(C(=O)NCc2cc(F)c(Cl)cc2F)C2CC2)C1. The molecular weight excluding hydrogens is 394 g/mol. The van der Waals surface area contributed by atoms with Crippen molar-refractivity contribution in [3.05, 3.63) is 34.4 Å². The predicted octanol–water partition coefficient (Wildman–Crippen LogP) is 2.07. The lowest BCUT2D eigenvalue weighted by Crippen LogP contribution is -2.59. The largest absolute Gasteiger partial charge is 0.391 e. The molecular formula is C18H23ClF2N4O3. The van der Waals surface area contributed by atoms with Crippen LogP contribution in [0.2, 0.25) is 5.02 Å². The van der Waals surface area contributed by atoms with Crippen molar-refractivity contribution in [3.8, 4) is 0 Å². The number of hydrogen-bond donors (Lipinski definition) is 3. The van der Waals surface area contributed by atoms with Gasteiger partial charge >= 0.3 is 12.1 Å². The molecule has 3 N–H and O–H groups in total. The number of urea groups is 2. The molecule has 10 heteroatoms. The molecule has 2 atom stereocenters. The Morgan fingerprint density at radius 2 is 1.96 bits per heavy atom. The van der Waals surface area contributed by atoms with Crippen LogP contribution >= 0.6 is 11.6 Å². The van der Waals surface area contributed by atoms with E-state index < -0.39 is 23.8 Å². The maximum absolute atomic E-state index is 13.9. The van der Waals surface area contributed by atoms with Crippen LogP contribution < -0.4 is 10.6 Å². The van der Waals surface area contributed by atoms with Crippen LogP contribution in [0, 0.1) is 11.6 Å². The normalized spacial score (nSPS) is 22.0. The smallest absolute Gasteiger partial charge is 0.318 e. The number of hydrogen-bond acceptors (Lipinski definition) is 3. The lowest BCUT2D eigenvalue weighted by molar-refractivity contribution is 0.0356. The predicted molar refractivity (Wildman–Crippen MR) is 98.9 cm³/mol. The first-order chi connectivity index (χ1) is 13.3. The maximum atomic E-state index is 13.9. The van der Waals surface area contributed by atoms with Gasteiger partial charge in [-0.25, -0.2) is 18.4 Å². The third-order valence-corrected chi connectivity index (χ3v) is 5.28. The van der Waals surface area contributed by atoms with E-state index in [9.17, 15) is 23.5 Å². The molecule has 0 aromatic heterocycles. The number of halogens is 3. The van der Waals surface area contributed by atoms with Crippen LogP contribution in [0.4, 0.5) is 18.4 Å². The fourth-order valence-electron chi connectivity index (χ4n) is 3.52. The van der Waals surface area contributed by atoms with E-state index in [4.69, 9.17) is 11.6 Å². The summed E-state index contributed by atoms with van der Waals surface area (Å²) >= 11 is 5.54. The number of carbonyl (C=O) groups is 2. The van der Waals surface area contributed by atoms with Crippen LogP contribution in [-0.2, 0) is 6.54 Å². The third-order valence-electron chi connectivity index (χ3n) is 5.00. The molecule has 1 aliphatic carbocycles. The van der Waals surface area contributed by atoms with Gasteiger partial charge in [-0.2, -0.15) is 0 Å². The number of rotatable bonds is 4. The molecule has 2 fully saturated rings. The van der Waals surface area contributed by atoms with Gasteiger partial charge in [0.25, 0.3) is 0 Å². The second-order valence-corrected chi connectivity index (χ2v) is 7.57. The molecule has 1 saturated carbocycles. The van der Waals surface area contributed by atoms with Crippen molar-refractivity contribution in [2.75, 3.05) is 20.1 Å². The molecule has 7 nitrogen and oxygen atoms in total. The summed E-state index contributed by atoms with van der Waals surface area (Å²) in [6.07, 6.45) is 1.25. The van der Waals surface area contributed by atoms with Crippen LogP contribution in [0.5, 0.6) is 0 Å². The van der Waals surface area contributed by atoms with E-state index >= 15 is 0 Å². The Balaban J connectivity index is 1.69. The van der Waals surface area contributed by atoms with Crippen LogP contribution in [0.15, 0.2) is 12.1 Å². The first-order valence-corrected chi connectivity index (χ1v) is 9.52. The summed E-state index contributed by atoms with van der Waals surface area (Å²) in [6.45, 7) is 0.298. The monoisotopic (exact) mass is 416 g/mol. The third kappa shape index (κ3) is 4.64. The van der Waals surface area contributed by atoms with Crippen LogP contribution in [0.25, 0.3) is 0 Å². The maximum Gasteiger partial charge on any atom is 0.318 e. The van der Waals surface area contributed by atoms with E-state index in [0.717, 1.165) is 25.0 Å². The Kier molecular flexibility index (Phi) is 6.24. The van der Waals surface area contributed by atoms with Gasteiger partial charge in [0.1, 0.15) is 11.6 Å². The summed E-state index contributed by atoms with van der Waals surface area (Å²) in [4.78, 5) is 27.8. The zero-order valence-electron chi connectivity index (χ0n) is 15.4. The molecule has 154 valence electrons. The van der Waals surface area contributed by atoms with E-state index in [2.05, 4.69) is 10.6 Å². The highest BCUT2D eigenvalue weighted by atomic mass is 35.5. The lowest BCUT2D eigenvalue weighted by Gasteiger charge is -2.41. The standard InChI is InChI=1S/C18H23ClF2N4O3/c1-22-17(27)24-8-12(5-13(26)9-24)25(11-2-3-11)18(28)23-7-10-4-16(21)14(19)6-15(10)20/h4,6,11-13,26H,2-3,5,7-9H2,1H3,(H,22,27)(H,23,28)/t12-,13+/m1/s1. The minimum absolute atomic E-state index is 0.00800. The number of piperidine rings is 1. The zero-order valence-corrected chi connectivity index (χ0v) is 16.2. The van der Waals surface area contributed by atoms with Gasteiger partial charge in [0.2, 0.25) is 0 Å². The number of aliphatic hydroxyl groups is 1. The number of amides is 4. The summed E-state index contributed by atoms with van der Waals surface area (Å²) in [5.74, 6) is -1.47. The van der Waals surface area contributed by atoms with E-state index in [1.54, 1.807) is 4.90 Å². The van der Waals surface area contributed by atoms with Crippen molar-refractivity contribution in [2.45, 2.75) is 44.0 Å². The van der Waals surface area contributed by atoms with Gasteiger partial charge in [0, 0.05) is 38.3 Å². The van der Waals surface area contributed by atoms with Gasteiger partial charge < -0.3 is 25.5 Å². The van der Waals surface area contributed by atoms with E-state index in [-0.39, 0.29) is 41.8 Å². The summed E-state index contributed by atoms with van der Waals surface area (Å²) in [7, 11) is 1.50. The summed E-state index contributed by atoms with van der Waals surface area (Å²) in [6, 6.07) is 0.716. The highest BCUT2D eigenvalue weighted by molar-refractivity contribution is 6.30. The fourth-order valence-corrected chi connectivity index (χ4v) is 3.67. The average molecular weight is 417 g/mol. The van der Waals surface area contributed by atoms with Crippen LogP contribution in [0.1, 0.15) is 24.8 Å². The Hall–Kier alpha value is -2.13. The first kappa shape index (κ1) is 20.6. The van der Waals surface area contributed by atoms with Crippen molar-refractivity contribution >= 4 is 23.7 Å². The van der Waals surface area contributed by atoms with Crippen molar-refractivity contribution in [1.82, 2.24) is 20.4 Å². The topological polar surface area (TPSA) is 84.9 Å². The van der Waals surface area contributed by atoms with Crippen LogP contribution in [0.3, 0.4) is 0 Å². The second kappa shape index (κ2) is 8.48. The molecule has 1 aromatic carbocycles. The molecule has 1 saturated heterocycles. The second-order valence-electron chi connectivity index (χ2n) is 7.16. The Morgan fingerprint density at radius 3 is 2.61 bits per heavy atom. The van der Waals surface area contributed by atoms with Crippen LogP contribution in [-0.4, -0.2) is 65.3 Å². The van der Waals surface area contributed by atoms with Crippen molar-refractivity contribution in [3.63, 3.8) is 0 Å². The molecule has 28 heavy (non-hydrogen) atoms. The molecule has 1 aromatic rings. The average Bonchev–Trinajstić information content (AvgIpc) is 3.47. The number of β-amino-alcohol motifs (C(OH)–C–C–N with tert-alkyl or cyclic N) is 1. The fraction of sp³-hybridized carbons (Fsp3) is 0.556. The van der Waals surface area contributed by atoms with Gasteiger partial charge in [-0.3, -0.25) is 0 Å². The van der Waals surface area contributed by atoms with Gasteiger partial charge in [-0.1, -0.05) is 11.6 Å². The van der Waals surface area contributed by atoms with Gasteiger partial charge in [-0.05, 0) is 31.4 Å². The van der Waals surface area contributed by atoms with Crippen molar-refractivity contribution in [1.29, 1.82) is 0 Å². The Morgan fingerprint density at radius 1 is 1.25 bits per heavy atom. The summed E-state index contributed by atoms with van der Waals surface area (Å²) < 4.78 is 27.5. The summed E-state index contributed by atoms with van der Waals surface area (Å²) in [5, 5.41) is 15.0. The number of nitrogens with one attached hydrogen (secondary N) is 2. The Bertz CT molecular complexity index is 763. The number of carbonyl (C=O) groups excluding carboxylic acids is 2. The lowest BCUT2D eigenvalue weighted by atomic mass is 10.0. The molecule has 2 aliphatic rings. The molecule has 0 bridgehead atoms. The highest BCUT2D eigenvalue weighted by Gasteiger charge is 2.41. The molecule has 1 aliphatic heterocycles. The van der Waals surface area contributed by atoms with Crippen molar-refractivity contribution in [2.24, 2.45) is 0 Å². The minimum atomic E-state index is -0.761. The van der Waals surface area contributed by atoms with Crippen molar-refractivity contribution < 1.29 is 23.5 Å². The molecule has 4 amide bonds. The van der Waals surface area contributed by atoms with Gasteiger partial charge in [-0.15, -0.1) is 0 Å². The highest BCUT2D eigenvalue weighted by Crippen LogP contribution is 2.31. The summed E-state index contributed by atoms with van der Waals surface area (Å²) in [5.41, 5.74) is -0.0123. The molecule has 1 heterocycles. The number of likely N-dealkylation sites (tertiary alicyclic amines) is 1. The van der Waals surface area contributed by atoms with Gasteiger partial charge in [0.15, 0.2) is 0 Å². The van der Waals surface area contributed by atoms with E-state index in [0.29, 0.717) is 13.0 Å². The van der Waals surface area contributed by atoms with Gasteiger partial charge in [0.05, 0.1) is 17.2 Å². The number of aliphatic hydroxyl groups excluding tert-OH is 1. The molecule has 0 radical (unpaired) electrons. The molecule has 0 unspecified atom stereocenters. The first-order valence-electron chi connectivity index (χ1n) is 9.14. The Labute approximate surface area is 166 Å². The minimum Gasteiger partial charge on any atom is -0.391 e.